The number of hydrogen-bond donors (Lipinski definition) is 2. The average molecular weight is 364 g/mol. The molecule has 0 radical (unpaired) electrons. The van der Waals surface area contributed by atoms with E-state index in [-0.39, 0.29) is 17.6 Å². The molecule has 2 N–H and O–H groups in total. The molecule has 0 saturated heterocycles. The molecule has 3 aliphatic heterocycles. The highest BCUT2D eigenvalue weighted by atomic mass is 16.2. The molecule has 1 aromatic carbocycles. The predicted octanol–water partition coefficient (Wildman–Crippen LogP) is 4.29. The third-order valence-electron chi connectivity index (χ3n) is 6.08. The number of rotatable bonds is 3. The predicted molar refractivity (Wildman–Crippen MR) is 106 cm³/mol. The summed E-state index contributed by atoms with van der Waals surface area (Å²) in [7, 11) is 0. The van der Waals surface area contributed by atoms with Crippen molar-refractivity contribution in [2.75, 3.05) is 0 Å². The number of benzene rings is 1. The number of nitrogens with one attached hydrogen (secondary N) is 2. The Balaban J connectivity index is 1.98. The molecule has 142 valence electrons. The van der Waals surface area contributed by atoms with Gasteiger partial charge >= 0.3 is 0 Å². The van der Waals surface area contributed by atoms with E-state index in [2.05, 4.69) is 79.7 Å². The lowest BCUT2D eigenvalue weighted by atomic mass is 9.62. The summed E-state index contributed by atoms with van der Waals surface area (Å²) in [6, 6.07) is 8.67. The van der Waals surface area contributed by atoms with Crippen LogP contribution in [0.15, 0.2) is 57.5 Å². The molecule has 5 heteroatoms. The summed E-state index contributed by atoms with van der Waals surface area (Å²) in [4.78, 5) is 13.3. The fourth-order valence-electron chi connectivity index (χ4n) is 4.77. The molecular formula is C22H28N4O. The van der Waals surface area contributed by atoms with E-state index < -0.39 is 5.41 Å². The first-order valence-electron chi connectivity index (χ1n) is 9.82. The summed E-state index contributed by atoms with van der Waals surface area (Å²) < 4.78 is 0. The first-order chi connectivity index (χ1) is 12.8. The Labute approximate surface area is 161 Å². The second-order valence-corrected chi connectivity index (χ2v) is 8.77. The van der Waals surface area contributed by atoms with Crippen LogP contribution >= 0.6 is 0 Å². The third-order valence-corrected chi connectivity index (χ3v) is 6.08. The van der Waals surface area contributed by atoms with Gasteiger partial charge in [-0.1, -0.05) is 45.0 Å². The van der Waals surface area contributed by atoms with Gasteiger partial charge in [-0.25, -0.2) is 0 Å². The number of carbonyl (C=O) groups is 1. The Hall–Kier alpha value is -2.43. The van der Waals surface area contributed by atoms with E-state index in [1.165, 1.54) is 5.56 Å². The number of fused-ring (bicyclic) bond motifs is 1. The van der Waals surface area contributed by atoms with Gasteiger partial charge in [0.1, 0.15) is 0 Å². The Bertz CT molecular complexity index is 893. The van der Waals surface area contributed by atoms with Crippen molar-refractivity contribution in [1.82, 2.24) is 10.6 Å². The molecule has 0 aromatic heterocycles. The van der Waals surface area contributed by atoms with Gasteiger partial charge in [-0.15, -0.1) is 0 Å². The zero-order valence-corrected chi connectivity index (χ0v) is 16.8. The average Bonchev–Trinajstić information content (AvgIpc) is 3.07. The van der Waals surface area contributed by atoms with Crippen LogP contribution in [0, 0.1) is 0 Å². The van der Waals surface area contributed by atoms with Gasteiger partial charge in [0.05, 0.1) is 17.2 Å². The minimum absolute atomic E-state index is 0.0109. The molecule has 0 aliphatic carbocycles. The number of hydrogen-bond acceptors (Lipinski definition) is 4. The molecule has 27 heavy (non-hydrogen) atoms. The lowest BCUT2D eigenvalue weighted by Crippen LogP contribution is -2.58. The van der Waals surface area contributed by atoms with Gasteiger partial charge in [0, 0.05) is 23.2 Å². The van der Waals surface area contributed by atoms with Crippen molar-refractivity contribution in [3.8, 4) is 0 Å². The fourth-order valence-corrected chi connectivity index (χ4v) is 4.77. The van der Waals surface area contributed by atoms with Crippen LogP contribution in [0.3, 0.4) is 0 Å². The van der Waals surface area contributed by atoms with Crippen LogP contribution in [0.4, 0.5) is 0 Å². The molecule has 0 fully saturated rings. The molecule has 3 aliphatic rings. The lowest BCUT2D eigenvalue weighted by molar-refractivity contribution is -0.120. The summed E-state index contributed by atoms with van der Waals surface area (Å²) in [5, 5.41) is 15.3. The quantitative estimate of drug-likeness (QED) is 0.840. The lowest BCUT2D eigenvalue weighted by Gasteiger charge is -2.48. The van der Waals surface area contributed by atoms with Gasteiger partial charge in [0.2, 0.25) is 0 Å². The van der Waals surface area contributed by atoms with Crippen LogP contribution < -0.4 is 10.6 Å². The van der Waals surface area contributed by atoms with Crippen molar-refractivity contribution >= 4 is 5.91 Å². The first kappa shape index (κ1) is 18.0. The minimum atomic E-state index is -0.500. The molecule has 3 heterocycles. The number of carbonyl (C=O) groups excluding carboxylic acids is 1. The summed E-state index contributed by atoms with van der Waals surface area (Å²) >= 11 is 0. The van der Waals surface area contributed by atoms with Crippen molar-refractivity contribution in [3.63, 3.8) is 0 Å². The third kappa shape index (κ3) is 2.63. The smallest absolute Gasteiger partial charge is 0.250 e. The molecule has 0 spiro atoms. The molecule has 0 saturated carbocycles. The zero-order valence-electron chi connectivity index (χ0n) is 16.8. The van der Waals surface area contributed by atoms with Gasteiger partial charge in [0.15, 0.2) is 6.17 Å². The van der Waals surface area contributed by atoms with Crippen molar-refractivity contribution in [2.24, 2.45) is 10.2 Å². The summed E-state index contributed by atoms with van der Waals surface area (Å²) in [5.41, 5.74) is 4.56. The number of amides is 1. The van der Waals surface area contributed by atoms with Gasteiger partial charge in [-0.05, 0) is 37.3 Å². The van der Waals surface area contributed by atoms with E-state index >= 15 is 0 Å². The van der Waals surface area contributed by atoms with E-state index in [4.69, 9.17) is 0 Å². The standard InChI is InChI=1S/C22H28N4O/c1-6-22(15-9-7-8-14(10-15)13(2)3)16-12-23-26-19(16)24-17-11-21(4,5)25-20(27)18(17)22/h7-10,12-13,19,24H,6,11H2,1-5H3,(H,25,27)/t19?,22-/m1/s1. The van der Waals surface area contributed by atoms with Crippen LogP contribution in [0.5, 0.6) is 0 Å². The van der Waals surface area contributed by atoms with Gasteiger partial charge < -0.3 is 10.6 Å². The summed E-state index contributed by atoms with van der Waals surface area (Å²) in [5.74, 6) is 0.438. The maximum Gasteiger partial charge on any atom is 0.250 e. The summed E-state index contributed by atoms with van der Waals surface area (Å²) in [6.07, 6.45) is 3.21. The molecule has 5 nitrogen and oxygen atoms in total. The minimum Gasteiger partial charge on any atom is -0.362 e. The van der Waals surface area contributed by atoms with Crippen LogP contribution in [0.25, 0.3) is 0 Å². The molecule has 1 aromatic rings. The molecule has 4 rings (SSSR count). The highest BCUT2D eigenvalue weighted by molar-refractivity contribution is 6.00. The molecule has 1 unspecified atom stereocenters. The Morgan fingerprint density at radius 2 is 2.07 bits per heavy atom. The van der Waals surface area contributed by atoms with Gasteiger partial charge in [-0.2, -0.15) is 10.2 Å². The highest BCUT2D eigenvalue weighted by Crippen LogP contribution is 2.51. The van der Waals surface area contributed by atoms with Crippen LogP contribution in [0.2, 0.25) is 0 Å². The van der Waals surface area contributed by atoms with E-state index in [9.17, 15) is 4.79 Å². The molecule has 2 atom stereocenters. The highest BCUT2D eigenvalue weighted by Gasteiger charge is 2.53. The maximum absolute atomic E-state index is 13.3. The number of azo groups is 1. The Morgan fingerprint density at radius 3 is 2.78 bits per heavy atom. The van der Waals surface area contributed by atoms with E-state index in [1.54, 1.807) is 0 Å². The van der Waals surface area contributed by atoms with Crippen molar-refractivity contribution in [2.45, 2.75) is 70.5 Å². The second-order valence-electron chi connectivity index (χ2n) is 8.77. The number of nitrogens with zero attached hydrogens (tertiary/aromatic N) is 2. The van der Waals surface area contributed by atoms with Gasteiger partial charge in [0.25, 0.3) is 5.91 Å². The first-order valence-corrected chi connectivity index (χ1v) is 9.82. The molecule has 1 amide bonds. The fraction of sp³-hybridized carbons (Fsp3) is 0.500. The largest absolute Gasteiger partial charge is 0.362 e. The van der Waals surface area contributed by atoms with Crippen molar-refractivity contribution in [3.05, 3.63) is 58.4 Å². The second kappa shape index (κ2) is 6.04. The topological polar surface area (TPSA) is 65.8 Å². The van der Waals surface area contributed by atoms with Gasteiger partial charge in [-0.3, -0.25) is 4.79 Å². The maximum atomic E-state index is 13.3. The normalized spacial score (nSPS) is 28.4. The Morgan fingerprint density at radius 1 is 1.30 bits per heavy atom. The van der Waals surface area contributed by atoms with Crippen molar-refractivity contribution < 1.29 is 4.79 Å². The molecular weight excluding hydrogens is 336 g/mol. The monoisotopic (exact) mass is 364 g/mol. The van der Waals surface area contributed by atoms with E-state index in [1.807, 2.05) is 6.20 Å². The zero-order chi connectivity index (χ0) is 19.4. The van der Waals surface area contributed by atoms with Crippen LogP contribution in [-0.2, 0) is 10.2 Å². The molecule has 0 bridgehead atoms. The van der Waals surface area contributed by atoms with Crippen LogP contribution in [-0.4, -0.2) is 17.6 Å². The SMILES string of the molecule is CC[C@@]1(c2cccc(C(C)C)c2)C2=CN=NC2NC2=C1C(=O)NC(C)(C)C2. The van der Waals surface area contributed by atoms with E-state index in [0.29, 0.717) is 5.92 Å². The van der Waals surface area contributed by atoms with Crippen LogP contribution in [0.1, 0.15) is 64.5 Å². The Kier molecular flexibility index (Phi) is 4.02. The summed E-state index contributed by atoms with van der Waals surface area (Å²) in [6.45, 7) is 10.7. The van der Waals surface area contributed by atoms with E-state index in [0.717, 1.165) is 35.2 Å². The van der Waals surface area contributed by atoms with Crippen molar-refractivity contribution in [1.29, 1.82) is 0 Å².